The fourth-order valence-electron chi connectivity index (χ4n) is 2.71. The summed E-state index contributed by atoms with van der Waals surface area (Å²) in [6.45, 7) is 0.0925. The van der Waals surface area contributed by atoms with Crippen molar-refractivity contribution in [2.24, 2.45) is 5.10 Å². The van der Waals surface area contributed by atoms with Crippen molar-refractivity contribution in [1.82, 2.24) is 5.43 Å². The monoisotopic (exact) mass is 436 g/mol. The minimum atomic E-state index is -4.50. The second-order valence-electron chi connectivity index (χ2n) is 6.16. The molecule has 1 N–H and O–H groups in total. The second kappa shape index (κ2) is 7.75. The van der Waals surface area contributed by atoms with Gasteiger partial charge in [-0.25, -0.2) is 5.43 Å². The Morgan fingerprint density at radius 2 is 1.87 bits per heavy atom. The number of nitrogens with zero attached hydrogens (tertiary/aromatic N) is 1. The summed E-state index contributed by atoms with van der Waals surface area (Å²) in [6, 6.07) is 10.6. The third kappa shape index (κ3) is 4.11. The van der Waals surface area contributed by atoms with Crippen LogP contribution >= 0.6 is 11.6 Å². The van der Waals surface area contributed by atoms with Gasteiger partial charge in [0.1, 0.15) is 11.5 Å². The summed E-state index contributed by atoms with van der Waals surface area (Å²) in [4.78, 5) is 12.2. The fraction of sp³-hybridized carbons (Fsp3) is 0.100. The lowest BCUT2D eigenvalue weighted by molar-refractivity contribution is -0.137. The Kier molecular flexibility index (Phi) is 5.13. The van der Waals surface area contributed by atoms with Crippen molar-refractivity contribution in [1.29, 1.82) is 0 Å². The molecule has 30 heavy (non-hydrogen) atoms. The van der Waals surface area contributed by atoms with Crippen molar-refractivity contribution in [2.45, 2.75) is 6.18 Å². The lowest BCUT2D eigenvalue weighted by Crippen LogP contribution is -2.17. The van der Waals surface area contributed by atoms with Gasteiger partial charge >= 0.3 is 6.18 Å². The number of hydrazone groups is 1. The van der Waals surface area contributed by atoms with E-state index in [0.717, 1.165) is 18.2 Å². The highest BCUT2D eigenvalue weighted by Crippen LogP contribution is 2.36. The molecule has 0 atom stereocenters. The summed E-state index contributed by atoms with van der Waals surface area (Å²) >= 11 is 6.01. The highest BCUT2D eigenvalue weighted by Gasteiger charge is 2.31. The van der Waals surface area contributed by atoms with Gasteiger partial charge in [0.2, 0.25) is 6.79 Å². The van der Waals surface area contributed by atoms with Crippen LogP contribution in [0.1, 0.15) is 21.7 Å². The number of rotatable bonds is 4. The summed E-state index contributed by atoms with van der Waals surface area (Å²) in [5.41, 5.74) is 1.89. The quantitative estimate of drug-likeness (QED) is 0.455. The minimum absolute atomic E-state index is 0.0925. The van der Waals surface area contributed by atoms with Crippen molar-refractivity contribution in [3.63, 3.8) is 0 Å². The zero-order valence-electron chi connectivity index (χ0n) is 15.0. The summed E-state index contributed by atoms with van der Waals surface area (Å²) in [6.07, 6.45) is -3.29. The molecule has 0 fully saturated rings. The van der Waals surface area contributed by atoms with Crippen LogP contribution in [-0.4, -0.2) is 18.9 Å². The number of furan rings is 1. The number of hydrogen-bond donors (Lipinski definition) is 1. The van der Waals surface area contributed by atoms with Gasteiger partial charge in [0.05, 0.1) is 16.8 Å². The first kappa shape index (κ1) is 19.8. The van der Waals surface area contributed by atoms with Crippen molar-refractivity contribution in [3.8, 4) is 22.8 Å². The van der Waals surface area contributed by atoms with E-state index in [2.05, 4.69) is 10.5 Å². The Labute approximate surface area is 172 Å². The largest absolute Gasteiger partial charge is 0.455 e. The number of nitrogens with one attached hydrogen (secondary N) is 1. The average molecular weight is 437 g/mol. The molecule has 10 heteroatoms. The van der Waals surface area contributed by atoms with Gasteiger partial charge in [0, 0.05) is 11.1 Å². The van der Waals surface area contributed by atoms with Crippen molar-refractivity contribution in [2.75, 3.05) is 6.79 Å². The third-order valence-corrected chi connectivity index (χ3v) is 4.51. The normalized spacial score (nSPS) is 13.1. The smallest absolute Gasteiger partial charge is 0.416 e. The van der Waals surface area contributed by atoms with E-state index in [1.165, 1.54) is 24.4 Å². The standard InChI is InChI=1S/C20H12ClF3N2O4/c21-15-4-2-12(20(22,23)24)8-14(15)16-6-3-13(30-16)9-25-26-19(27)11-1-5-17-18(7-11)29-10-28-17/h1-9H,10H2,(H,26,27)/b25-9-. The lowest BCUT2D eigenvalue weighted by atomic mass is 10.1. The number of amides is 1. The van der Waals surface area contributed by atoms with E-state index in [4.69, 9.17) is 25.5 Å². The van der Waals surface area contributed by atoms with Crippen LogP contribution in [0.2, 0.25) is 5.02 Å². The van der Waals surface area contributed by atoms with Gasteiger partial charge in [0.15, 0.2) is 11.5 Å². The Morgan fingerprint density at radius 1 is 1.07 bits per heavy atom. The van der Waals surface area contributed by atoms with Crippen LogP contribution in [0.15, 0.2) is 58.0 Å². The number of halogens is 4. The maximum absolute atomic E-state index is 12.9. The van der Waals surface area contributed by atoms with E-state index in [1.807, 2.05) is 0 Å². The van der Waals surface area contributed by atoms with Crippen molar-refractivity contribution >= 4 is 23.7 Å². The molecule has 1 aliphatic rings. The zero-order valence-corrected chi connectivity index (χ0v) is 15.8. The number of carbonyl (C=O) groups is 1. The molecule has 3 aromatic rings. The highest BCUT2D eigenvalue weighted by atomic mass is 35.5. The van der Waals surface area contributed by atoms with Crippen LogP contribution in [0.25, 0.3) is 11.3 Å². The van der Waals surface area contributed by atoms with Crippen molar-refractivity contribution < 1.29 is 31.9 Å². The van der Waals surface area contributed by atoms with Gasteiger partial charge in [0.25, 0.3) is 5.91 Å². The first-order valence-corrected chi connectivity index (χ1v) is 8.89. The molecule has 0 unspecified atom stereocenters. The molecular formula is C20H12ClF3N2O4. The number of benzene rings is 2. The number of fused-ring (bicyclic) bond motifs is 1. The van der Waals surface area contributed by atoms with Crippen molar-refractivity contribution in [3.05, 3.63) is 70.4 Å². The Morgan fingerprint density at radius 3 is 2.67 bits per heavy atom. The summed E-state index contributed by atoms with van der Waals surface area (Å²) in [5, 5.41) is 3.90. The number of carbonyl (C=O) groups excluding carboxylic acids is 1. The van der Waals surface area contributed by atoms with E-state index >= 15 is 0 Å². The maximum atomic E-state index is 12.9. The van der Waals surface area contributed by atoms with Gasteiger partial charge < -0.3 is 13.9 Å². The maximum Gasteiger partial charge on any atom is 0.416 e. The van der Waals surface area contributed by atoms with Crippen LogP contribution in [0.5, 0.6) is 11.5 Å². The zero-order chi connectivity index (χ0) is 21.3. The number of ether oxygens (including phenoxy) is 2. The molecule has 2 heterocycles. The Hall–Kier alpha value is -3.46. The predicted molar refractivity (Wildman–Crippen MR) is 102 cm³/mol. The van der Waals surface area contributed by atoms with Gasteiger partial charge in [-0.05, 0) is 48.5 Å². The highest BCUT2D eigenvalue weighted by molar-refractivity contribution is 6.33. The summed E-state index contributed by atoms with van der Waals surface area (Å²) < 4.78 is 54.6. The molecule has 0 bridgehead atoms. The van der Waals surface area contributed by atoms with Gasteiger partial charge in [-0.3, -0.25) is 4.79 Å². The topological polar surface area (TPSA) is 73.1 Å². The Bertz CT molecular complexity index is 1140. The van der Waals surface area contributed by atoms with E-state index in [1.54, 1.807) is 12.1 Å². The molecule has 0 saturated heterocycles. The molecule has 1 aliphatic heterocycles. The molecular weight excluding hydrogens is 425 g/mol. The minimum Gasteiger partial charge on any atom is -0.455 e. The summed E-state index contributed by atoms with van der Waals surface area (Å²) in [5.74, 6) is 0.864. The van der Waals surface area contributed by atoms with E-state index < -0.39 is 17.6 Å². The SMILES string of the molecule is O=C(N/N=C\c1ccc(-c2cc(C(F)(F)F)ccc2Cl)o1)c1ccc2c(c1)OCO2. The lowest BCUT2D eigenvalue weighted by Gasteiger charge is -2.09. The average Bonchev–Trinajstić information content (AvgIpc) is 3.36. The second-order valence-corrected chi connectivity index (χ2v) is 6.57. The molecule has 154 valence electrons. The van der Waals surface area contributed by atoms with Crippen LogP contribution in [0.4, 0.5) is 13.2 Å². The summed E-state index contributed by atoms with van der Waals surface area (Å²) in [7, 11) is 0. The third-order valence-electron chi connectivity index (χ3n) is 4.18. The number of alkyl halides is 3. The van der Waals surface area contributed by atoms with E-state index in [9.17, 15) is 18.0 Å². The molecule has 0 radical (unpaired) electrons. The predicted octanol–water partition coefficient (Wildman–Crippen LogP) is 5.11. The van der Waals surface area contributed by atoms with E-state index in [0.29, 0.717) is 17.1 Å². The van der Waals surface area contributed by atoms with Crippen LogP contribution < -0.4 is 14.9 Å². The van der Waals surface area contributed by atoms with Crippen LogP contribution in [0.3, 0.4) is 0 Å². The van der Waals surface area contributed by atoms with Crippen LogP contribution in [-0.2, 0) is 6.18 Å². The van der Waals surface area contributed by atoms with E-state index in [-0.39, 0.29) is 28.9 Å². The first-order valence-electron chi connectivity index (χ1n) is 8.51. The molecule has 0 spiro atoms. The van der Waals surface area contributed by atoms with Gasteiger partial charge in [-0.15, -0.1) is 0 Å². The molecule has 1 aromatic heterocycles. The molecule has 0 aliphatic carbocycles. The molecule has 6 nitrogen and oxygen atoms in total. The van der Waals surface area contributed by atoms with Gasteiger partial charge in [-0.1, -0.05) is 11.6 Å². The fourth-order valence-corrected chi connectivity index (χ4v) is 2.92. The molecule has 0 saturated carbocycles. The number of hydrogen-bond acceptors (Lipinski definition) is 5. The Balaban J connectivity index is 1.46. The molecule has 4 rings (SSSR count). The molecule has 2 aromatic carbocycles. The van der Waals surface area contributed by atoms with Gasteiger partial charge in [-0.2, -0.15) is 18.3 Å². The molecule has 1 amide bonds. The van der Waals surface area contributed by atoms with Crippen LogP contribution in [0, 0.1) is 0 Å². The first-order chi connectivity index (χ1) is 14.3.